The average Bonchev–Trinajstić information content (AvgIpc) is 3.49. The number of carbonyl (C=O) groups excluding carboxylic acids is 2. The molecule has 0 aromatic heterocycles. The van der Waals surface area contributed by atoms with Crippen molar-refractivity contribution in [2.75, 3.05) is 32.8 Å². The van der Waals surface area contributed by atoms with Crippen LogP contribution < -0.4 is 16.8 Å². The van der Waals surface area contributed by atoms with Crippen LogP contribution in [0.2, 0.25) is 0 Å². The Hall–Kier alpha value is -2.25. The molecular formula is C45H80N6O6. The molecule has 12 nitrogen and oxygen atoms in total. The fourth-order valence-electron chi connectivity index (χ4n) is 10.1. The van der Waals surface area contributed by atoms with E-state index >= 15 is 0 Å². The van der Waals surface area contributed by atoms with Gasteiger partial charge in [0, 0.05) is 25.6 Å². The van der Waals surface area contributed by atoms with E-state index < -0.39 is 23.5 Å². The third-order valence-electron chi connectivity index (χ3n) is 13.2. The number of unbranched alkanes of at least 4 members (excludes halogenated alkanes) is 11. The van der Waals surface area contributed by atoms with Gasteiger partial charge in [0.1, 0.15) is 11.6 Å². The molecular weight excluding hydrogens is 721 g/mol. The van der Waals surface area contributed by atoms with E-state index in [4.69, 9.17) is 30.7 Å². The first-order chi connectivity index (χ1) is 27.7. The molecule has 0 saturated carbocycles. The summed E-state index contributed by atoms with van der Waals surface area (Å²) in [5.41, 5.74) is 9.93. The van der Waals surface area contributed by atoms with Gasteiger partial charge in [-0.15, -0.1) is 0 Å². The van der Waals surface area contributed by atoms with Crippen LogP contribution in [0.15, 0.2) is 17.1 Å². The van der Waals surface area contributed by atoms with E-state index in [1.807, 2.05) is 4.90 Å². The number of rotatable bonds is 25. The van der Waals surface area contributed by atoms with Crippen LogP contribution in [0.3, 0.4) is 0 Å². The van der Waals surface area contributed by atoms with Gasteiger partial charge in [0.25, 0.3) is 0 Å². The smallest absolute Gasteiger partial charge is 0.316 e. The number of hydrogen-bond acceptors (Lipinski definition) is 11. The Bertz CT molecular complexity index is 1280. The molecule has 57 heavy (non-hydrogen) atoms. The van der Waals surface area contributed by atoms with Gasteiger partial charge in [-0.25, -0.2) is 4.99 Å². The lowest BCUT2D eigenvalue weighted by Crippen LogP contribution is -2.71. The number of carbonyl (C=O) groups is 2. The summed E-state index contributed by atoms with van der Waals surface area (Å²) in [6.45, 7) is 7.29. The van der Waals surface area contributed by atoms with Crippen molar-refractivity contribution in [3.05, 3.63) is 12.2 Å². The zero-order valence-corrected chi connectivity index (χ0v) is 35.8. The van der Waals surface area contributed by atoms with Gasteiger partial charge in [-0.3, -0.25) is 9.59 Å². The van der Waals surface area contributed by atoms with Crippen molar-refractivity contribution >= 4 is 17.8 Å². The number of hydrogen-bond donors (Lipinski definition) is 4. The molecule has 3 saturated heterocycles. The Labute approximate surface area is 344 Å². The van der Waals surface area contributed by atoms with E-state index in [1.165, 1.54) is 38.5 Å². The first-order valence-electron chi connectivity index (χ1n) is 23.4. The van der Waals surface area contributed by atoms with E-state index in [-0.39, 0.29) is 36.5 Å². The minimum absolute atomic E-state index is 0.0261. The Morgan fingerprint density at radius 3 is 2.35 bits per heavy atom. The topological polar surface area (TPSA) is 165 Å². The molecule has 0 aromatic carbocycles. The van der Waals surface area contributed by atoms with Gasteiger partial charge in [-0.1, -0.05) is 83.3 Å². The first-order valence-corrected chi connectivity index (χ1v) is 23.4. The maximum absolute atomic E-state index is 14.1. The number of nitrogens with two attached hydrogens (primary N) is 2. The normalized spacial score (nSPS) is 29.8. The van der Waals surface area contributed by atoms with Crippen molar-refractivity contribution in [3.63, 3.8) is 0 Å². The number of ether oxygens (including phenoxy) is 3. The summed E-state index contributed by atoms with van der Waals surface area (Å²) in [5, 5.41) is 14.3. The van der Waals surface area contributed by atoms with E-state index in [2.05, 4.69) is 36.2 Å². The maximum Gasteiger partial charge on any atom is 0.316 e. The van der Waals surface area contributed by atoms with Crippen molar-refractivity contribution in [2.24, 2.45) is 22.4 Å². The van der Waals surface area contributed by atoms with Crippen molar-refractivity contribution in [1.29, 1.82) is 0 Å². The third kappa shape index (κ3) is 13.1. The van der Waals surface area contributed by atoms with Gasteiger partial charge >= 0.3 is 5.97 Å². The standard InChI is InChI=1S/C45H80N6O6/c1-3-38-23-14-15-26-44(57-38)34-36-24-25-39-41(45(27-19-21-35(2)56-45)49-43(48-44)51(36)39)42(54)55-32-18-12-10-8-6-4-5-7-9-11-13-22-37(52)33-40(53)50(31-20-29-47)30-17-16-28-46/h14,23,35-39,41,52H,3-13,15-22,24-34,46-47H2,1-2H3,(H,48,49)/t35-,36+,37-,38+,39-,41-,44+,45-/m1/s1. The third-order valence-corrected chi connectivity index (χ3v) is 13.2. The Kier molecular flexibility index (Phi) is 18.9. The zero-order valence-electron chi connectivity index (χ0n) is 35.8. The lowest BCUT2D eigenvalue weighted by Gasteiger charge is -2.55. The summed E-state index contributed by atoms with van der Waals surface area (Å²) in [5.74, 6) is 0.336. The molecule has 0 unspecified atom stereocenters. The summed E-state index contributed by atoms with van der Waals surface area (Å²) in [6.07, 6.45) is 28.4. The lowest BCUT2D eigenvalue weighted by atomic mass is 9.80. The van der Waals surface area contributed by atoms with E-state index in [1.54, 1.807) is 0 Å². The summed E-state index contributed by atoms with van der Waals surface area (Å²) in [6, 6.07) is 0.320. The Morgan fingerprint density at radius 2 is 1.65 bits per heavy atom. The molecule has 0 aliphatic carbocycles. The second-order valence-corrected chi connectivity index (χ2v) is 17.9. The second kappa shape index (κ2) is 23.5. The van der Waals surface area contributed by atoms with Gasteiger partial charge in [0.2, 0.25) is 5.91 Å². The molecule has 326 valence electrons. The van der Waals surface area contributed by atoms with Crippen LogP contribution in [0.25, 0.3) is 0 Å². The summed E-state index contributed by atoms with van der Waals surface area (Å²) >= 11 is 0. The second-order valence-electron chi connectivity index (χ2n) is 17.9. The van der Waals surface area contributed by atoms with Crippen LogP contribution in [0, 0.1) is 5.92 Å². The predicted molar refractivity (Wildman–Crippen MR) is 226 cm³/mol. The van der Waals surface area contributed by atoms with E-state index in [0.29, 0.717) is 45.2 Å². The number of aliphatic hydroxyl groups is 1. The number of amides is 1. The van der Waals surface area contributed by atoms with Gasteiger partial charge < -0.3 is 45.9 Å². The molecule has 5 heterocycles. The molecule has 1 amide bonds. The van der Waals surface area contributed by atoms with Crippen molar-refractivity contribution < 1.29 is 28.9 Å². The number of aliphatic hydroxyl groups excluding tert-OH is 1. The maximum atomic E-state index is 14.1. The molecule has 6 N–H and O–H groups in total. The van der Waals surface area contributed by atoms with Crippen LogP contribution in [0.5, 0.6) is 0 Å². The average molecular weight is 801 g/mol. The zero-order chi connectivity index (χ0) is 40.5. The molecule has 0 bridgehead atoms. The molecule has 3 fully saturated rings. The van der Waals surface area contributed by atoms with Crippen molar-refractivity contribution in [3.8, 4) is 0 Å². The monoisotopic (exact) mass is 801 g/mol. The van der Waals surface area contributed by atoms with Crippen molar-refractivity contribution in [2.45, 2.75) is 216 Å². The molecule has 5 rings (SSSR count). The minimum Gasteiger partial charge on any atom is -0.465 e. The highest BCUT2D eigenvalue weighted by Crippen LogP contribution is 2.50. The molecule has 5 aliphatic rings. The number of aliphatic imine (C=N–C) groups is 1. The number of guanidine groups is 1. The number of esters is 1. The largest absolute Gasteiger partial charge is 0.465 e. The van der Waals surface area contributed by atoms with Gasteiger partial charge in [0.15, 0.2) is 11.7 Å². The number of nitrogens with one attached hydrogen (secondary N) is 1. The minimum atomic E-state index is -0.891. The van der Waals surface area contributed by atoms with Crippen LogP contribution in [-0.4, -0.2) is 107 Å². The number of allylic oxidation sites excluding steroid dienone is 1. The van der Waals surface area contributed by atoms with Gasteiger partial charge in [-0.05, 0) is 103 Å². The SMILES string of the molecule is CC[C@H]1C=CCC[C@@]2(C[C@@H]3CC[C@@H]4[C@H](C(=O)OCCCCCCCCCCCCC[C@@H](O)CC(=O)N(CCCN)CCCCN)[C@]5(CCC[C@@H](C)O5)N=C(N2)N34)O1. The summed E-state index contributed by atoms with van der Waals surface area (Å²) < 4.78 is 19.6. The highest BCUT2D eigenvalue weighted by molar-refractivity contribution is 5.87. The highest BCUT2D eigenvalue weighted by Gasteiger charge is 2.62. The summed E-state index contributed by atoms with van der Waals surface area (Å²) in [7, 11) is 0. The lowest BCUT2D eigenvalue weighted by molar-refractivity contribution is -0.194. The van der Waals surface area contributed by atoms with Gasteiger partial charge in [-0.2, -0.15) is 0 Å². The molecule has 2 spiro atoms. The van der Waals surface area contributed by atoms with Crippen LogP contribution in [0.4, 0.5) is 0 Å². The molecule has 0 radical (unpaired) electrons. The first kappa shape index (κ1) is 45.8. The van der Waals surface area contributed by atoms with Crippen LogP contribution in [0.1, 0.15) is 174 Å². The van der Waals surface area contributed by atoms with Gasteiger partial charge in [0.05, 0.1) is 37.4 Å². The Balaban J connectivity index is 0.952. The molecule has 5 aliphatic heterocycles. The predicted octanol–water partition coefficient (Wildman–Crippen LogP) is 6.82. The molecule has 0 aromatic rings. The van der Waals surface area contributed by atoms with Crippen molar-refractivity contribution in [1.82, 2.24) is 15.1 Å². The fourth-order valence-corrected chi connectivity index (χ4v) is 10.1. The highest BCUT2D eigenvalue weighted by atomic mass is 16.6. The van der Waals surface area contributed by atoms with E-state index in [9.17, 15) is 14.7 Å². The fraction of sp³-hybridized carbons (Fsp3) is 0.889. The molecule has 12 heteroatoms. The van der Waals surface area contributed by atoms with E-state index in [0.717, 1.165) is 115 Å². The quantitative estimate of drug-likeness (QED) is 0.0438. The molecule has 8 atom stereocenters. The van der Waals surface area contributed by atoms with Crippen LogP contribution >= 0.6 is 0 Å². The number of nitrogens with zero attached hydrogens (tertiary/aromatic N) is 3. The Morgan fingerprint density at radius 1 is 0.947 bits per heavy atom. The van der Waals surface area contributed by atoms with Crippen LogP contribution in [-0.2, 0) is 23.8 Å². The summed E-state index contributed by atoms with van der Waals surface area (Å²) in [4.78, 5) is 36.4.